The fourth-order valence-corrected chi connectivity index (χ4v) is 5.79. The maximum Gasteiger partial charge on any atom is 0.249 e. The van der Waals surface area contributed by atoms with Crippen LogP contribution in [0.15, 0.2) is 18.2 Å². The number of imide groups is 1. The highest BCUT2D eigenvalue weighted by atomic mass is 31.0. The third kappa shape index (κ3) is 4.80. The molecule has 29 heavy (non-hydrogen) atoms. The molecule has 7 heteroatoms. The summed E-state index contributed by atoms with van der Waals surface area (Å²) in [6, 6.07) is 5.39. The van der Waals surface area contributed by atoms with Crippen molar-refractivity contribution in [2.24, 2.45) is 0 Å². The van der Waals surface area contributed by atoms with Gasteiger partial charge in [0.05, 0.1) is 0 Å². The Morgan fingerprint density at radius 1 is 1.07 bits per heavy atom. The Morgan fingerprint density at radius 3 is 2.52 bits per heavy atom. The van der Waals surface area contributed by atoms with Gasteiger partial charge in [-0.25, -0.2) is 4.39 Å². The lowest BCUT2D eigenvalue weighted by Crippen LogP contribution is -2.47. The van der Waals surface area contributed by atoms with Crippen LogP contribution in [0.5, 0.6) is 0 Å². The van der Waals surface area contributed by atoms with E-state index < -0.39 is 6.04 Å². The molecule has 0 spiro atoms. The van der Waals surface area contributed by atoms with Gasteiger partial charge < -0.3 is 5.32 Å². The zero-order valence-corrected chi connectivity index (χ0v) is 18.0. The van der Waals surface area contributed by atoms with Gasteiger partial charge in [0.25, 0.3) is 0 Å². The van der Waals surface area contributed by atoms with Crippen LogP contribution in [0.3, 0.4) is 0 Å². The molecule has 1 aromatic carbocycles. The average Bonchev–Trinajstić information content (AvgIpc) is 2.71. The SMILES string of the molecule is O=C1CCC(Nc2ccc(C3CCN(C4CCCCC4P)CC3)c(F)c2)C(=O)N1. The second kappa shape index (κ2) is 9.09. The maximum atomic E-state index is 14.9. The molecule has 3 fully saturated rings. The van der Waals surface area contributed by atoms with Crippen molar-refractivity contribution in [2.45, 2.75) is 75.0 Å². The number of rotatable bonds is 4. The standard InChI is InChI=1S/C22H31FN3O2P/c23-17-13-15(24-18-7-8-21(27)25-22(18)28)5-6-16(17)14-9-11-26(12-10-14)19-3-1-2-4-20(19)29/h5-6,13-14,18-20,24H,1-4,7-12,29H2,(H,25,27,28). The number of amides is 2. The minimum Gasteiger partial charge on any atom is -0.374 e. The number of carbonyl (C=O) groups excluding carboxylic acids is 2. The van der Waals surface area contributed by atoms with E-state index in [2.05, 4.69) is 24.8 Å². The number of carbonyl (C=O) groups is 2. The van der Waals surface area contributed by atoms with Crippen LogP contribution in [0.2, 0.25) is 0 Å². The topological polar surface area (TPSA) is 61.4 Å². The number of hydrogen-bond acceptors (Lipinski definition) is 4. The molecule has 4 rings (SSSR count). The average molecular weight is 419 g/mol. The van der Waals surface area contributed by atoms with Gasteiger partial charge in [0.1, 0.15) is 11.9 Å². The van der Waals surface area contributed by atoms with Crippen LogP contribution < -0.4 is 10.6 Å². The number of hydrogen-bond donors (Lipinski definition) is 2. The van der Waals surface area contributed by atoms with Crippen molar-refractivity contribution >= 4 is 26.7 Å². The van der Waals surface area contributed by atoms with E-state index in [1.807, 2.05) is 12.1 Å². The lowest BCUT2D eigenvalue weighted by molar-refractivity contribution is -0.133. The molecule has 2 amide bonds. The molecule has 3 aliphatic rings. The minimum absolute atomic E-state index is 0.206. The molecule has 2 aliphatic heterocycles. The fraction of sp³-hybridized carbons (Fsp3) is 0.636. The third-order valence-corrected chi connectivity index (χ3v) is 7.58. The quantitative estimate of drug-likeness (QED) is 0.580. The van der Waals surface area contributed by atoms with E-state index in [0.29, 0.717) is 30.2 Å². The summed E-state index contributed by atoms with van der Waals surface area (Å²) in [5, 5.41) is 5.38. The number of nitrogens with one attached hydrogen (secondary N) is 2. The molecular formula is C22H31FN3O2P. The Morgan fingerprint density at radius 2 is 1.83 bits per heavy atom. The third-order valence-electron chi connectivity index (χ3n) is 6.80. The molecule has 2 N–H and O–H groups in total. The molecule has 2 heterocycles. The number of benzene rings is 1. The smallest absolute Gasteiger partial charge is 0.249 e. The van der Waals surface area contributed by atoms with Crippen molar-refractivity contribution < 1.29 is 14.0 Å². The van der Waals surface area contributed by atoms with Gasteiger partial charge in [-0.05, 0) is 74.5 Å². The van der Waals surface area contributed by atoms with E-state index in [4.69, 9.17) is 0 Å². The summed E-state index contributed by atoms with van der Waals surface area (Å²) in [4.78, 5) is 25.8. The maximum absolute atomic E-state index is 14.9. The summed E-state index contributed by atoms with van der Waals surface area (Å²) in [7, 11) is 3.04. The first-order valence-corrected chi connectivity index (χ1v) is 11.6. The summed E-state index contributed by atoms with van der Waals surface area (Å²) < 4.78 is 14.9. The number of anilines is 1. The second-order valence-electron chi connectivity index (χ2n) is 8.71. The lowest BCUT2D eigenvalue weighted by atomic mass is 9.86. The summed E-state index contributed by atoms with van der Waals surface area (Å²) in [6.07, 6.45) is 7.97. The molecule has 0 radical (unpaired) electrons. The van der Waals surface area contributed by atoms with Crippen molar-refractivity contribution in [1.29, 1.82) is 0 Å². The van der Waals surface area contributed by atoms with Crippen LogP contribution in [0.25, 0.3) is 0 Å². The van der Waals surface area contributed by atoms with Crippen LogP contribution in [0.1, 0.15) is 62.8 Å². The monoisotopic (exact) mass is 419 g/mol. The largest absolute Gasteiger partial charge is 0.374 e. The molecule has 0 aromatic heterocycles. The highest BCUT2D eigenvalue weighted by Gasteiger charge is 2.32. The van der Waals surface area contributed by atoms with Gasteiger partial charge in [0.15, 0.2) is 0 Å². The first-order chi connectivity index (χ1) is 14.0. The van der Waals surface area contributed by atoms with Crippen LogP contribution in [0, 0.1) is 5.82 Å². The Balaban J connectivity index is 1.35. The van der Waals surface area contributed by atoms with Gasteiger partial charge in [-0.2, -0.15) is 0 Å². The molecule has 1 saturated carbocycles. The molecule has 2 saturated heterocycles. The van der Waals surface area contributed by atoms with Crippen molar-refractivity contribution in [3.8, 4) is 0 Å². The van der Waals surface area contributed by atoms with E-state index >= 15 is 0 Å². The van der Waals surface area contributed by atoms with E-state index in [0.717, 1.165) is 31.5 Å². The lowest BCUT2D eigenvalue weighted by Gasteiger charge is -2.42. The van der Waals surface area contributed by atoms with Crippen LogP contribution in [0.4, 0.5) is 10.1 Å². The van der Waals surface area contributed by atoms with Crippen molar-refractivity contribution in [3.05, 3.63) is 29.6 Å². The predicted octanol–water partition coefficient (Wildman–Crippen LogP) is 3.41. The van der Waals surface area contributed by atoms with Gasteiger partial charge in [-0.1, -0.05) is 18.9 Å². The highest BCUT2D eigenvalue weighted by molar-refractivity contribution is 7.17. The Labute approximate surface area is 174 Å². The first kappa shape index (κ1) is 20.7. The summed E-state index contributed by atoms with van der Waals surface area (Å²) in [5.74, 6) is -0.542. The van der Waals surface area contributed by atoms with Crippen molar-refractivity contribution in [1.82, 2.24) is 10.2 Å². The van der Waals surface area contributed by atoms with Gasteiger partial charge in [-0.3, -0.25) is 19.8 Å². The highest BCUT2D eigenvalue weighted by Crippen LogP contribution is 2.35. The van der Waals surface area contributed by atoms with E-state index in [9.17, 15) is 14.0 Å². The molecule has 158 valence electrons. The predicted molar refractivity (Wildman–Crippen MR) is 115 cm³/mol. The van der Waals surface area contributed by atoms with Crippen LogP contribution in [-0.2, 0) is 9.59 Å². The molecule has 4 atom stereocenters. The summed E-state index contributed by atoms with van der Waals surface area (Å²) in [5.41, 5.74) is 2.06. The van der Waals surface area contributed by atoms with Gasteiger partial charge in [0.2, 0.25) is 11.8 Å². The van der Waals surface area contributed by atoms with Crippen molar-refractivity contribution in [2.75, 3.05) is 18.4 Å². The Kier molecular flexibility index (Phi) is 6.50. The summed E-state index contributed by atoms with van der Waals surface area (Å²) in [6.45, 7) is 2.08. The molecule has 1 aromatic rings. The first-order valence-electron chi connectivity index (χ1n) is 10.9. The molecular weight excluding hydrogens is 388 g/mol. The summed E-state index contributed by atoms with van der Waals surface area (Å²) >= 11 is 0. The van der Waals surface area contributed by atoms with E-state index in [1.54, 1.807) is 0 Å². The van der Waals surface area contributed by atoms with Crippen molar-refractivity contribution in [3.63, 3.8) is 0 Å². The normalized spacial score (nSPS) is 29.5. The second-order valence-corrected chi connectivity index (χ2v) is 9.57. The molecule has 0 bridgehead atoms. The van der Waals surface area contributed by atoms with Crippen LogP contribution >= 0.6 is 9.24 Å². The Hall–Kier alpha value is -1.52. The number of halogens is 1. The van der Waals surface area contributed by atoms with E-state index in [1.165, 1.54) is 31.7 Å². The van der Waals surface area contributed by atoms with Gasteiger partial charge in [0, 0.05) is 18.2 Å². The van der Waals surface area contributed by atoms with Gasteiger partial charge in [-0.15, -0.1) is 9.24 Å². The molecule has 5 nitrogen and oxygen atoms in total. The minimum atomic E-state index is -0.489. The zero-order chi connectivity index (χ0) is 20.4. The zero-order valence-electron chi connectivity index (χ0n) is 16.8. The molecule has 4 unspecified atom stereocenters. The number of piperidine rings is 2. The number of likely N-dealkylation sites (tertiary alicyclic amines) is 1. The van der Waals surface area contributed by atoms with Crippen LogP contribution in [-0.4, -0.2) is 47.5 Å². The fourth-order valence-electron chi connectivity index (χ4n) is 5.12. The van der Waals surface area contributed by atoms with E-state index in [-0.39, 0.29) is 23.5 Å². The Bertz CT molecular complexity index is 766. The van der Waals surface area contributed by atoms with Gasteiger partial charge >= 0.3 is 0 Å². The number of nitrogens with zero attached hydrogens (tertiary/aromatic N) is 1. The molecule has 1 aliphatic carbocycles.